The first-order valence-corrected chi connectivity index (χ1v) is 5.07. The molecule has 0 saturated heterocycles. The molecule has 4 N–H and O–H groups in total. The molecular weight excluding hydrogens is 216 g/mol. The average molecular weight is 226 g/mol. The zero-order chi connectivity index (χ0) is 11.8. The summed E-state index contributed by atoms with van der Waals surface area (Å²) in [7, 11) is 0. The summed E-state index contributed by atoms with van der Waals surface area (Å²) < 4.78 is 1.25. The maximum absolute atomic E-state index is 5.76. The largest absolute Gasteiger partial charge is 0.366 e. The van der Waals surface area contributed by atoms with Crippen molar-refractivity contribution in [2.45, 2.75) is 0 Å². The molecule has 0 saturated carbocycles. The van der Waals surface area contributed by atoms with Gasteiger partial charge in [-0.2, -0.15) is 0 Å². The molecule has 0 bridgehead atoms. The molecule has 0 aliphatic rings. The van der Waals surface area contributed by atoms with Crippen LogP contribution in [0.2, 0.25) is 0 Å². The van der Waals surface area contributed by atoms with Gasteiger partial charge in [0.25, 0.3) is 0 Å². The highest BCUT2D eigenvalue weighted by molar-refractivity contribution is 5.91. The number of benzene rings is 1. The maximum Gasteiger partial charge on any atom is 0.241 e. The number of rotatable bonds is 1. The Kier molecular flexibility index (Phi) is 1.94. The normalized spacial score (nSPS) is 10.8. The summed E-state index contributed by atoms with van der Waals surface area (Å²) in [5.41, 5.74) is 7.21. The average Bonchev–Trinajstić information content (AvgIpc) is 2.69. The number of aromatic nitrogens is 4. The minimum atomic E-state index is 0.174. The zero-order valence-corrected chi connectivity index (χ0v) is 8.91. The van der Waals surface area contributed by atoms with Gasteiger partial charge in [-0.05, 0) is 12.1 Å². The van der Waals surface area contributed by atoms with E-state index in [-0.39, 0.29) is 5.95 Å². The molecule has 2 heterocycles. The summed E-state index contributed by atoms with van der Waals surface area (Å²) in [6, 6.07) is 9.65. The van der Waals surface area contributed by atoms with Crippen molar-refractivity contribution < 1.29 is 0 Å². The molecule has 0 aliphatic carbocycles. The molecule has 0 fully saturated rings. The molecule has 0 radical (unpaired) electrons. The molecule has 3 rings (SSSR count). The highest BCUT2D eigenvalue weighted by Crippen LogP contribution is 2.25. The summed E-state index contributed by atoms with van der Waals surface area (Å²) in [6.07, 6.45) is 1.73. The number of nitrogen functional groups attached to an aromatic ring is 2. The molecule has 84 valence electrons. The van der Waals surface area contributed by atoms with Gasteiger partial charge in [0.2, 0.25) is 5.95 Å². The number of nitrogens with two attached hydrogens (primary N) is 2. The van der Waals surface area contributed by atoms with Gasteiger partial charge in [0.15, 0.2) is 5.82 Å². The Labute approximate surface area is 96.9 Å². The molecule has 17 heavy (non-hydrogen) atoms. The topological polar surface area (TPSA) is 95.6 Å². The smallest absolute Gasteiger partial charge is 0.241 e. The third-order valence-corrected chi connectivity index (χ3v) is 2.60. The number of anilines is 1. The third-order valence-electron chi connectivity index (χ3n) is 2.60. The molecule has 3 aromatic rings. The van der Waals surface area contributed by atoms with Gasteiger partial charge in [-0.1, -0.05) is 18.2 Å². The number of hydrogen-bond acceptors (Lipinski definition) is 5. The predicted molar refractivity (Wildman–Crippen MR) is 65.3 cm³/mol. The maximum atomic E-state index is 5.76. The first-order valence-electron chi connectivity index (χ1n) is 5.07. The van der Waals surface area contributed by atoms with E-state index in [1.54, 1.807) is 6.20 Å². The predicted octanol–water partition coefficient (Wildman–Crippen LogP) is 0.789. The second kappa shape index (κ2) is 3.44. The summed E-state index contributed by atoms with van der Waals surface area (Å²) in [5.74, 6) is 6.44. The van der Waals surface area contributed by atoms with Crippen LogP contribution in [0.15, 0.2) is 36.5 Å². The Morgan fingerprint density at radius 2 is 1.88 bits per heavy atom. The molecule has 0 unspecified atom stereocenters. The summed E-state index contributed by atoms with van der Waals surface area (Å²) in [5, 5.41) is 8.72. The van der Waals surface area contributed by atoms with E-state index in [2.05, 4.69) is 15.2 Å². The highest BCUT2D eigenvalue weighted by atomic mass is 15.4. The Morgan fingerprint density at radius 3 is 2.65 bits per heavy atom. The summed E-state index contributed by atoms with van der Waals surface area (Å²) in [4.78, 5) is 4.33. The van der Waals surface area contributed by atoms with Gasteiger partial charge in [-0.3, -0.25) is 4.98 Å². The zero-order valence-electron chi connectivity index (χ0n) is 8.91. The van der Waals surface area contributed by atoms with Gasteiger partial charge < -0.3 is 11.6 Å². The fourth-order valence-corrected chi connectivity index (χ4v) is 1.77. The van der Waals surface area contributed by atoms with Crippen molar-refractivity contribution in [3.05, 3.63) is 36.5 Å². The Hall–Kier alpha value is -2.63. The van der Waals surface area contributed by atoms with Crippen LogP contribution >= 0.6 is 0 Å². The van der Waals surface area contributed by atoms with Crippen molar-refractivity contribution in [1.82, 2.24) is 19.9 Å². The lowest BCUT2D eigenvalue weighted by Crippen LogP contribution is -2.13. The van der Waals surface area contributed by atoms with E-state index in [9.17, 15) is 0 Å². The van der Waals surface area contributed by atoms with E-state index < -0.39 is 0 Å². The first kappa shape index (κ1) is 9.59. The van der Waals surface area contributed by atoms with E-state index in [4.69, 9.17) is 11.6 Å². The Bertz CT molecular complexity index is 682. The standard InChI is InChI=1S/C11H10N6/c12-11-16-15-10(17(11)13)8-5-1-3-7-4-2-6-14-9(7)8/h1-6H,13H2,(H2,12,16). The van der Waals surface area contributed by atoms with E-state index in [0.717, 1.165) is 16.5 Å². The van der Waals surface area contributed by atoms with Crippen LogP contribution in [0, 0.1) is 0 Å². The Balaban J connectivity index is 2.34. The molecule has 6 heteroatoms. The lowest BCUT2D eigenvalue weighted by Gasteiger charge is -2.04. The van der Waals surface area contributed by atoms with Crippen LogP contribution in [0.25, 0.3) is 22.3 Å². The van der Waals surface area contributed by atoms with Gasteiger partial charge in [0.1, 0.15) is 0 Å². The minimum absolute atomic E-state index is 0.174. The van der Waals surface area contributed by atoms with Crippen LogP contribution in [0.1, 0.15) is 0 Å². The van der Waals surface area contributed by atoms with E-state index in [0.29, 0.717) is 5.82 Å². The van der Waals surface area contributed by atoms with Crippen molar-refractivity contribution in [3.8, 4) is 11.4 Å². The highest BCUT2D eigenvalue weighted by Gasteiger charge is 2.12. The van der Waals surface area contributed by atoms with Crippen LogP contribution in [0.3, 0.4) is 0 Å². The molecule has 0 aliphatic heterocycles. The first-order chi connectivity index (χ1) is 8.27. The second-order valence-electron chi connectivity index (χ2n) is 3.63. The number of para-hydroxylation sites is 1. The van der Waals surface area contributed by atoms with E-state index in [1.807, 2.05) is 30.3 Å². The van der Waals surface area contributed by atoms with Crippen molar-refractivity contribution in [2.24, 2.45) is 0 Å². The van der Waals surface area contributed by atoms with Crippen molar-refractivity contribution in [2.75, 3.05) is 11.6 Å². The van der Waals surface area contributed by atoms with Crippen LogP contribution in [0.5, 0.6) is 0 Å². The SMILES string of the molecule is Nc1nnc(-c2cccc3cccnc23)n1N. The van der Waals surface area contributed by atoms with Crippen molar-refractivity contribution in [1.29, 1.82) is 0 Å². The number of hydrogen-bond donors (Lipinski definition) is 2. The fourth-order valence-electron chi connectivity index (χ4n) is 1.77. The molecule has 0 atom stereocenters. The number of nitrogens with zero attached hydrogens (tertiary/aromatic N) is 4. The number of fused-ring (bicyclic) bond motifs is 1. The van der Waals surface area contributed by atoms with Crippen molar-refractivity contribution in [3.63, 3.8) is 0 Å². The van der Waals surface area contributed by atoms with Crippen molar-refractivity contribution >= 4 is 16.9 Å². The number of pyridine rings is 1. The lowest BCUT2D eigenvalue weighted by atomic mass is 10.1. The summed E-state index contributed by atoms with van der Waals surface area (Å²) in [6.45, 7) is 0. The van der Waals surface area contributed by atoms with Gasteiger partial charge in [-0.25, -0.2) is 4.68 Å². The molecular formula is C11H10N6. The summed E-state index contributed by atoms with van der Waals surface area (Å²) >= 11 is 0. The molecule has 0 spiro atoms. The molecule has 2 aromatic heterocycles. The van der Waals surface area contributed by atoms with E-state index >= 15 is 0 Å². The van der Waals surface area contributed by atoms with Crippen LogP contribution in [0.4, 0.5) is 5.95 Å². The van der Waals surface area contributed by atoms with E-state index in [1.165, 1.54) is 4.68 Å². The molecule has 1 aromatic carbocycles. The van der Waals surface area contributed by atoms with Gasteiger partial charge in [0.05, 0.1) is 5.52 Å². The van der Waals surface area contributed by atoms with Gasteiger partial charge in [0, 0.05) is 17.1 Å². The fraction of sp³-hybridized carbons (Fsp3) is 0. The third kappa shape index (κ3) is 1.38. The second-order valence-corrected chi connectivity index (χ2v) is 3.63. The van der Waals surface area contributed by atoms with Crippen LogP contribution < -0.4 is 11.6 Å². The van der Waals surface area contributed by atoms with Crippen LogP contribution in [-0.4, -0.2) is 19.9 Å². The van der Waals surface area contributed by atoms with Gasteiger partial charge in [-0.15, -0.1) is 10.2 Å². The van der Waals surface area contributed by atoms with Crippen LogP contribution in [-0.2, 0) is 0 Å². The molecule has 6 nitrogen and oxygen atoms in total. The van der Waals surface area contributed by atoms with Gasteiger partial charge >= 0.3 is 0 Å². The Morgan fingerprint density at radius 1 is 1.06 bits per heavy atom. The quantitative estimate of drug-likeness (QED) is 0.598. The molecule has 0 amide bonds. The monoisotopic (exact) mass is 226 g/mol. The minimum Gasteiger partial charge on any atom is -0.366 e. The lowest BCUT2D eigenvalue weighted by molar-refractivity contribution is 1.02.